The number of nitrogens with zero attached hydrogens (tertiary/aromatic N) is 2. The van der Waals surface area contributed by atoms with Gasteiger partial charge in [-0.25, -0.2) is 0 Å². The standard InChI is InChI=1S/C20H30N2O3/c1-6-21-13-19(23)22(17(20(21)24)11-14(2)3)9-10-25-18-8-7-15(4)12-16(18)5/h7-8,12,14,17H,6,9-11,13H2,1-5H3/t17-/m0/s1. The maximum absolute atomic E-state index is 12.7. The van der Waals surface area contributed by atoms with Gasteiger partial charge < -0.3 is 14.5 Å². The van der Waals surface area contributed by atoms with Gasteiger partial charge in [0.2, 0.25) is 11.8 Å². The molecule has 1 heterocycles. The van der Waals surface area contributed by atoms with E-state index in [1.165, 1.54) is 5.56 Å². The monoisotopic (exact) mass is 346 g/mol. The molecule has 0 spiro atoms. The van der Waals surface area contributed by atoms with Gasteiger partial charge in [0.15, 0.2) is 0 Å². The fourth-order valence-electron chi connectivity index (χ4n) is 3.29. The molecule has 0 aromatic heterocycles. The second-order valence-corrected chi connectivity index (χ2v) is 7.20. The van der Waals surface area contributed by atoms with Crippen LogP contribution in [0.2, 0.25) is 0 Å². The van der Waals surface area contributed by atoms with E-state index < -0.39 is 0 Å². The molecule has 1 aromatic carbocycles. The Morgan fingerprint density at radius 3 is 2.56 bits per heavy atom. The molecule has 25 heavy (non-hydrogen) atoms. The summed E-state index contributed by atoms with van der Waals surface area (Å²) in [5.41, 5.74) is 2.27. The molecule has 5 heteroatoms. The first-order valence-corrected chi connectivity index (χ1v) is 9.11. The van der Waals surface area contributed by atoms with Crippen molar-refractivity contribution in [2.24, 2.45) is 5.92 Å². The molecule has 2 amide bonds. The Morgan fingerprint density at radius 1 is 1.24 bits per heavy atom. The summed E-state index contributed by atoms with van der Waals surface area (Å²) < 4.78 is 5.87. The van der Waals surface area contributed by atoms with Crippen LogP contribution in [0.3, 0.4) is 0 Å². The predicted molar refractivity (Wildman–Crippen MR) is 98.6 cm³/mol. The van der Waals surface area contributed by atoms with Crippen molar-refractivity contribution in [3.05, 3.63) is 29.3 Å². The normalized spacial score (nSPS) is 18.2. The van der Waals surface area contributed by atoms with E-state index in [9.17, 15) is 9.59 Å². The molecule has 5 nitrogen and oxygen atoms in total. The lowest BCUT2D eigenvalue weighted by Crippen LogP contribution is -2.60. The van der Waals surface area contributed by atoms with E-state index >= 15 is 0 Å². The van der Waals surface area contributed by atoms with Gasteiger partial charge in [0.1, 0.15) is 18.4 Å². The molecule has 1 aliphatic heterocycles. The molecule has 138 valence electrons. The Morgan fingerprint density at radius 2 is 1.96 bits per heavy atom. The number of carbonyl (C=O) groups excluding carboxylic acids is 2. The molecule has 1 saturated heterocycles. The molecule has 0 unspecified atom stereocenters. The Labute approximate surface area is 150 Å². The van der Waals surface area contributed by atoms with Crippen LogP contribution in [0, 0.1) is 19.8 Å². The van der Waals surface area contributed by atoms with Crippen molar-refractivity contribution >= 4 is 11.8 Å². The summed E-state index contributed by atoms with van der Waals surface area (Å²) in [7, 11) is 0. The minimum atomic E-state index is -0.371. The van der Waals surface area contributed by atoms with Crippen molar-refractivity contribution in [2.45, 2.75) is 47.1 Å². The van der Waals surface area contributed by atoms with Crippen LogP contribution in [-0.2, 0) is 9.59 Å². The van der Waals surface area contributed by atoms with Crippen LogP contribution in [-0.4, -0.2) is 53.9 Å². The Kier molecular flexibility index (Phi) is 6.45. The van der Waals surface area contributed by atoms with Gasteiger partial charge in [0.25, 0.3) is 0 Å². The fourth-order valence-corrected chi connectivity index (χ4v) is 3.29. The van der Waals surface area contributed by atoms with Gasteiger partial charge in [-0.3, -0.25) is 9.59 Å². The lowest BCUT2D eigenvalue weighted by atomic mass is 9.99. The number of amides is 2. The van der Waals surface area contributed by atoms with Gasteiger partial charge in [-0.1, -0.05) is 31.5 Å². The second kappa shape index (κ2) is 8.37. The number of hydrogen-bond acceptors (Lipinski definition) is 3. The molecule has 2 rings (SSSR count). The number of ether oxygens (including phenoxy) is 1. The van der Waals surface area contributed by atoms with E-state index in [1.54, 1.807) is 9.80 Å². The van der Waals surface area contributed by atoms with Crippen molar-refractivity contribution in [3.63, 3.8) is 0 Å². The summed E-state index contributed by atoms with van der Waals surface area (Å²) in [5.74, 6) is 1.25. The zero-order valence-corrected chi connectivity index (χ0v) is 16.0. The smallest absolute Gasteiger partial charge is 0.245 e. The molecule has 1 atom stereocenters. The minimum Gasteiger partial charge on any atom is -0.491 e. The van der Waals surface area contributed by atoms with E-state index in [0.717, 1.165) is 11.3 Å². The highest BCUT2D eigenvalue weighted by atomic mass is 16.5. The SMILES string of the molecule is CCN1CC(=O)N(CCOc2ccc(C)cc2C)[C@@H](CC(C)C)C1=O. The third-order valence-electron chi connectivity index (χ3n) is 4.62. The van der Waals surface area contributed by atoms with E-state index in [2.05, 4.69) is 19.9 Å². The molecule has 0 bridgehead atoms. The van der Waals surface area contributed by atoms with Gasteiger partial charge in [0.05, 0.1) is 13.1 Å². The van der Waals surface area contributed by atoms with E-state index in [0.29, 0.717) is 32.0 Å². The van der Waals surface area contributed by atoms with Crippen molar-refractivity contribution in [1.82, 2.24) is 9.80 Å². The number of carbonyl (C=O) groups is 2. The summed E-state index contributed by atoms with van der Waals surface area (Å²) in [4.78, 5) is 28.6. The summed E-state index contributed by atoms with van der Waals surface area (Å²) in [5, 5.41) is 0. The van der Waals surface area contributed by atoms with Gasteiger partial charge >= 0.3 is 0 Å². The van der Waals surface area contributed by atoms with Crippen LogP contribution in [0.25, 0.3) is 0 Å². The van der Waals surface area contributed by atoms with Crippen LogP contribution in [0.1, 0.15) is 38.3 Å². The third-order valence-corrected chi connectivity index (χ3v) is 4.62. The summed E-state index contributed by atoms with van der Waals surface area (Å²) >= 11 is 0. The van der Waals surface area contributed by atoms with Gasteiger partial charge in [-0.05, 0) is 44.7 Å². The predicted octanol–water partition coefficient (Wildman–Crippen LogP) is 2.79. The van der Waals surface area contributed by atoms with Crippen LogP contribution in [0.15, 0.2) is 18.2 Å². The number of likely N-dealkylation sites (N-methyl/N-ethyl adjacent to an activating group) is 1. The molecule has 0 aliphatic carbocycles. The van der Waals surface area contributed by atoms with Crippen LogP contribution < -0.4 is 4.74 Å². The molecule has 0 radical (unpaired) electrons. The second-order valence-electron chi connectivity index (χ2n) is 7.20. The van der Waals surface area contributed by atoms with Crippen molar-refractivity contribution in [1.29, 1.82) is 0 Å². The average molecular weight is 346 g/mol. The Bertz CT molecular complexity index is 627. The summed E-state index contributed by atoms with van der Waals surface area (Å²) in [6.07, 6.45) is 0.685. The molecule has 1 aromatic rings. The highest BCUT2D eigenvalue weighted by Gasteiger charge is 2.38. The van der Waals surface area contributed by atoms with E-state index in [4.69, 9.17) is 4.74 Å². The molecule has 1 fully saturated rings. The molecule has 0 saturated carbocycles. The van der Waals surface area contributed by atoms with Gasteiger partial charge in [-0.2, -0.15) is 0 Å². The average Bonchev–Trinajstić information content (AvgIpc) is 2.54. The minimum absolute atomic E-state index is 0.0105. The van der Waals surface area contributed by atoms with E-state index in [1.807, 2.05) is 32.9 Å². The maximum Gasteiger partial charge on any atom is 0.245 e. The van der Waals surface area contributed by atoms with Crippen molar-refractivity contribution in [2.75, 3.05) is 26.2 Å². The lowest BCUT2D eigenvalue weighted by Gasteiger charge is -2.40. The third kappa shape index (κ3) is 4.74. The van der Waals surface area contributed by atoms with E-state index in [-0.39, 0.29) is 24.4 Å². The fraction of sp³-hybridized carbons (Fsp3) is 0.600. The highest BCUT2D eigenvalue weighted by molar-refractivity contribution is 5.94. The number of piperazine rings is 1. The first-order chi connectivity index (χ1) is 11.8. The highest BCUT2D eigenvalue weighted by Crippen LogP contribution is 2.21. The number of rotatable bonds is 7. The first kappa shape index (κ1) is 19.3. The maximum atomic E-state index is 12.7. The zero-order chi connectivity index (χ0) is 18.6. The van der Waals surface area contributed by atoms with Crippen LogP contribution in [0.4, 0.5) is 0 Å². The van der Waals surface area contributed by atoms with Crippen LogP contribution in [0.5, 0.6) is 5.75 Å². The number of aryl methyl sites for hydroxylation is 2. The van der Waals surface area contributed by atoms with Crippen molar-refractivity contribution < 1.29 is 14.3 Å². The largest absolute Gasteiger partial charge is 0.491 e. The molecule has 1 aliphatic rings. The van der Waals surface area contributed by atoms with Gasteiger partial charge in [-0.15, -0.1) is 0 Å². The van der Waals surface area contributed by atoms with Crippen LogP contribution >= 0.6 is 0 Å². The number of benzene rings is 1. The quantitative estimate of drug-likeness (QED) is 0.763. The molecule has 0 N–H and O–H groups in total. The molecular weight excluding hydrogens is 316 g/mol. The summed E-state index contributed by atoms with van der Waals surface area (Å²) in [6.45, 7) is 11.7. The topological polar surface area (TPSA) is 49.9 Å². The molecular formula is C20H30N2O3. The Balaban J connectivity index is 2.04. The number of hydrogen-bond donors (Lipinski definition) is 0. The summed E-state index contributed by atoms with van der Waals surface area (Å²) in [6, 6.07) is 5.67. The lowest BCUT2D eigenvalue weighted by molar-refractivity contribution is -0.156. The van der Waals surface area contributed by atoms with Crippen molar-refractivity contribution in [3.8, 4) is 5.75 Å². The Hall–Kier alpha value is -2.04. The zero-order valence-electron chi connectivity index (χ0n) is 16.0. The first-order valence-electron chi connectivity index (χ1n) is 9.11. The van der Waals surface area contributed by atoms with Gasteiger partial charge in [0, 0.05) is 6.54 Å².